The minimum Gasteiger partial charge on any atom is -0.270 e. The highest BCUT2D eigenvalue weighted by Crippen LogP contribution is 2.22. The molecule has 3 N–H and O–H groups in total. The normalized spacial score (nSPS) is 10.7. The van der Waals surface area contributed by atoms with E-state index in [0.29, 0.717) is 39.5 Å². The van der Waals surface area contributed by atoms with Gasteiger partial charge in [-0.3, -0.25) is 29.5 Å². The molecule has 200 valence electrons. The first-order valence-electron chi connectivity index (χ1n) is 10.6. The van der Waals surface area contributed by atoms with Gasteiger partial charge in [-0.25, -0.2) is 19.0 Å². The minimum atomic E-state index is -0.967. The Hall–Kier alpha value is -2.90. The van der Waals surface area contributed by atoms with Crippen molar-refractivity contribution in [2.45, 2.75) is 25.9 Å². The molecule has 38 heavy (non-hydrogen) atoms. The summed E-state index contributed by atoms with van der Waals surface area (Å²) < 4.78 is 2.25. The Labute approximate surface area is 241 Å². The summed E-state index contributed by atoms with van der Waals surface area (Å²) in [7, 11) is 0. The highest BCUT2D eigenvalue weighted by molar-refractivity contribution is 9.10. The standard InChI is InChI=1S/C11H8BrCl2N3O2.C11H9Cl2N3O3/c12-9-10(18)15-11(19)17(16-9)4-3-6-1-2-7(13)5-8(6)14;12-7-2-1-6(8(13)5-7)3-4-16-11(19)14-9(17)10(18)15-16/h1-2,5H,3-4H2,(H,15,18,19);1-2,5H,3-4H2,(H,15,18)(H,14,17,19). The van der Waals surface area contributed by atoms with Gasteiger partial charge in [0.2, 0.25) is 0 Å². The van der Waals surface area contributed by atoms with E-state index in [-0.39, 0.29) is 11.1 Å². The van der Waals surface area contributed by atoms with Crippen molar-refractivity contribution in [3.8, 4) is 0 Å². The summed E-state index contributed by atoms with van der Waals surface area (Å²) in [5, 5.41) is 8.10. The van der Waals surface area contributed by atoms with Gasteiger partial charge in [-0.15, -0.1) is 0 Å². The SMILES string of the molecule is O=c1[nH]c(=O)n(CCc2ccc(Cl)cc2Cl)[nH]c1=O.O=c1[nH]c(=O)n(CCc2ccc(Cl)cc2Cl)nc1Br. The van der Waals surface area contributed by atoms with Crippen LogP contribution in [0.5, 0.6) is 0 Å². The fraction of sp³-hybridized carbons (Fsp3) is 0.182. The first kappa shape index (κ1) is 29.7. The highest BCUT2D eigenvalue weighted by atomic mass is 79.9. The summed E-state index contributed by atoms with van der Waals surface area (Å²) in [6.45, 7) is 0.488. The zero-order valence-corrected chi connectivity index (χ0v) is 23.7. The number of nitrogens with one attached hydrogen (secondary N) is 3. The van der Waals surface area contributed by atoms with Crippen molar-refractivity contribution in [1.29, 1.82) is 0 Å². The van der Waals surface area contributed by atoms with Gasteiger partial charge >= 0.3 is 22.5 Å². The third-order valence-corrected chi connectivity index (χ3v) is 6.68. The van der Waals surface area contributed by atoms with Gasteiger partial charge in [0.1, 0.15) is 0 Å². The van der Waals surface area contributed by atoms with Crippen LogP contribution in [0.25, 0.3) is 0 Å². The van der Waals surface area contributed by atoms with Crippen LogP contribution in [-0.4, -0.2) is 29.5 Å². The molecule has 0 saturated carbocycles. The van der Waals surface area contributed by atoms with Crippen molar-refractivity contribution in [3.63, 3.8) is 0 Å². The summed E-state index contributed by atoms with van der Waals surface area (Å²) in [4.78, 5) is 60.2. The van der Waals surface area contributed by atoms with Gasteiger partial charge < -0.3 is 0 Å². The number of aryl methyl sites for hydroxylation is 4. The topological polar surface area (TPSA) is 155 Å². The van der Waals surface area contributed by atoms with Gasteiger partial charge in [-0.05, 0) is 64.2 Å². The van der Waals surface area contributed by atoms with E-state index in [1.807, 2.05) is 4.98 Å². The van der Waals surface area contributed by atoms with E-state index in [9.17, 15) is 24.0 Å². The Morgan fingerprint density at radius 1 is 0.711 bits per heavy atom. The Morgan fingerprint density at radius 3 is 1.79 bits per heavy atom. The number of hydrogen-bond donors (Lipinski definition) is 3. The van der Waals surface area contributed by atoms with Gasteiger partial charge in [0.05, 0.1) is 6.54 Å². The summed E-state index contributed by atoms with van der Waals surface area (Å²) in [6.07, 6.45) is 0.916. The third kappa shape index (κ3) is 8.05. The van der Waals surface area contributed by atoms with E-state index in [0.717, 1.165) is 20.5 Å². The average Bonchev–Trinajstić information content (AvgIpc) is 2.84. The molecule has 0 bridgehead atoms. The maximum absolute atomic E-state index is 11.5. The number of rotatable bonds is 6. The predicted molar refractivity (Wildman–Crippen MR) is 149 cm³/mol. The molecule has 0 amide bonds. The van der Waals surface area contributed by atoms with E-state index in [1.54, 1.807) is 36.4 Å². The lowest BCUT2D eigenvalue weighted by Crippen LogP contribution is -2.43. The lowest BCUT2D eigenvalue weighted by molar-refractivity contribution is 0.545. The smallest absolute Gasteiger partial charge is 0.270 e. The zero-order chi connectivity index (χ0) is 28.0. The number of hydrogen-bond acceptors (Lipinski definition) is 6. The van der Waals surface area contributed by atoms with Crippen LogP contribution in [-0.2, 0) is 25.9 Å². The number of H-pyrrole nitrogens is 3. The molecule has 0 saturated heterocycles. The third-order valence-electron chi connectivity index (χ3n) is 4.99. The van der Waals surface area contributed by atoms with Crippen LogP contribution in [0, 0.1) is 0 Å². The largest absolute Gasteiger partial charge is 0.344 e. The van der Waals surface area contributed by atoms with Crippen molar-refractivity contribution in [2.75, 3.05) is 0 Å². The van der Waals surface area contributed by atoms with Gasteiger partial charge in [-0.2, -0.15) is 5.10 Å². The first-order valence-corrected chi connectivity index (χ1v) is 12.9. The van der Waals surface area contributed by atoms with Crippen molar-refractivity contribution in [3.05, 3.63) is 124 Å². The molecule has 0 aliphatic heterocycles. The molecule has 0 unspecified atom stereocenters. The van der Waals surface area contributed by atoms with Crippen molar-refractivity contribution < 1.29 is 0 Å². The maximum Gasteiger partial charge on any atom is 0.344 e. The first-order chi connectivity index (χ1) is 17.9. The number of halogens is 5. The van der Waals surface area contributed by atoms with E-state index < -0.39 is 28.1 Å². The van der Waals surface area contributed by atoms with Crippen LogP contribution < -0.4 is 28.1 Å². The molecule has 4 rings (SSSR count). The summed E-state index contributed by atoms with van der Waals surface area (Å²) in [5.74, 6) is 0. The summed E-state index contributed by atoms with van der Waals surface area (Å²) in [6, 6.07) is 10.2. The summed E-state index contributed by atoms with van der Waals surface area (Å²) in [5.41, 5.74) is -1.99. The molecule has 0 aliphatic rings. The fourth-order valence-corrected chi connectivity index (χ4v) is 4.37. The minimum absolute atomic E-state index is 0.0642. The van der Waals surface area contributed by atoms with E-state index in [1.165, 1.54) is 0 Å². The molecular weight excluding hydrogens is 650 g/mol. The molecule has 2 aromatic carbocycles. The zero-order valence-electron chi connectivity index (χ0n) is 19.1. The molecule has 4 aromatic rings. The molecule has 2 heterocycles. The molecule has 0 atom stereocenters. The number of aromatic nitrogens is 6. The monoisotopic (exact) mass is 664 g/mol. The molecule has 11 nitrogen and oxygen atoms in total. The second-order valence-corrected chi connectivity index (χ2v) is 10.0. The van der Waals surface area contributed by atoms with Crippen LogP contribution in [0.4, 0.5) is 0 Å². The van der Waals surface area contributed by atoms with Gasteiger partial charge in [0, 0.05) is 26.6 Å². The maximum atomic E-state index is 11.5. The second kappa shape index (κ2) is 13.3. The highest BCUT2D eigenvalue weighted by Gasteiger charge is 2.07. The Morgan fingerprint density at radius 2 is 1.24 bits per heavy atom. The molecular formula is C22H17BrCl4N6O5. The predicted octanol–water partition coefficient (Wildman–Crippen LogP) is 3.02. The lowest BCUT2D eigenvalue weighted by Gasteiger charge is -2.06. The molecule has 0 fully saturated rings. The molecule has 0 aliphatic carbocycles. The van der Waals surface area contributed by atoms with Crippen molar-refractivity contribution in [1.82, 2.24) is 29.5 Å². The van der Waals surface area contributed by atoms with Crippen LogP contribution in [0.1, 0.15) is 11.1 Å². The van der Waals surface area contributed by atoms with E-state index >= 15 is 0 Å². The Bertz CT molecular complexity index is 1760. The number of nitrogens with zero attached hydrogens (tertiary/aromatic N) is 3. The number of aromatic amines is 3. The van der Waals surface area contributed by atoms with Crippen molar-refractivity contribution in [2.24, 2.45) is 0 Å². The van der Waals surface area contributed by atoms with E-state index in [4.69, 9.17) is 46.4 Å². The molecule has 16 heteroatoms. The van der Waals surface area contributed by atoms with Crippen molar-refractivity contribution >= 4 is 62.3 Å². The number of benzene rings is 2. The average molecular weight is 667 g/mol. The second-order valence-electron chi connectivity index (χ2n) is 7.60. The molecule has 0 radical (unpaired) electrons. The lowest BCUT2D eigenvalue weighted by atomic mass is 10.1. The van der Waals surface area contributed by atoms with Crippen LogP contribution >= 0.6 is 62.3 Å². The van der Waals surface area contributed by atoms with Gasteiger partial charge in [0.15, 0.2) is 4.60 Å². The Balaban J connectivity index is 0.000000211. The van der Waals surface area contributed by atoms with Crippen LogP contribution in [0.15, 0.2) is 65.0 Å². The van der Waals surface area contributed by atoms with Gasteiger partial charge in [0.25, 0.3) is 5.56 Å². The van der Waals surface area contributed by atoms with E-state index in [2.05, 4.69) is 31.1 Å². The van der Waals surface area contributed by atoms with Crippen LogP contribution in [0.3, 0.4) is 0 Å². The molecule has 0 spiro atoms. The van der Waals surface area contributed by atoms with Crippen LogP contribution in [0.2, 0.25) is 20.1 Å². The Kier molecular flexibility index (Phi) is 10.3. The summed E-state index contributed by atoms with van der Waals surface area (Å²) >= 11 is 26.6. The van der Waals surface area contributed by atoms with Gasteiger partial charge in [-0.1, -0.05) is 58.5 Å². The fourth-order valence-electron chi connectivity index (χ4n) is 3.07. The quantitative estimate of drug-likeness (QED) is 0.269. The molecule has 2 aromatic heterocycles.